The Morgan fingerprint density at radius 2 is 1.87 bits per heavy atom. The fourth-order valence-electron chi connectivity index (χ4n) is 3.03. The second-order valence-electron chi connectivity index (χ2n) is 6.78. The average molecular weight is 409 g/mol. The molecule has 3 rings (SSSR count). The summed E-state index contributed by atoms with van der Waals surface area (Å²) in [5.41, 5.74) is 1.90. The van der Waals surface area contributed by atoms with E-state index in [2.05, 4.69) is 9.97 Å². The van der Waals surface area contributed by atoms with Gasteiger partial charge in [-0.05, 0) is 36.8 Å². The molecule has 30 heavy (non-hydrogen) atoms. The highest BCUT2D eigenvalue weighted by Gasteiger charge is 2.14. The van der Waals surface area contributed by atoms with Crippen molar-refractivity contribution >= 4 is 17.4 Å². The molecule has 7 heteroatoms. The summed E-state index contributed by atoms with van der Waals surface area (Å²) in [6.07, 6.45) is 3.42. The minimum absolute atomic E-state index is 0.0931. The van der Waals surface area contributed by atoms with Gasteiger partial charge in [0.25, 0.3) is 0 Å². The zero-order valence-electron chi connectivity index (χ0n) is 16.7. The summed E-state index contributed by atoms with van der Waals surface area (Å²) >= 11 is 0. The Balaban J connectivity index is 1.71. The second kappa shape index (κ2) is 9.35. The average Bonchev–Trinajstić information content (AvgIpc) is 2.77. The van der Waals surface area contributed by atoms with Gasteiger partial charge in [0.2, 0.25) is 11.9 Å². The van der Waals surface area contributed by atoms with Crippen LogP contribution in [0.25, 0.3) is 11.1 Å². The number of amides is 1. The van der Waals surface area contributed by atoms with E-state index in [1.807, 2.05) is 0 Å². The summed E-state index contributed by atoms with van der Waals surface area (Å²) in [7, 11) is 1.60. The van der Waals surface area contributed by atoms with Gasteiger partial charge in [-0.15, -0.1) is 0 Å². The number of benzene rings is 1. The van der Waals surface area contributed by atoms with Crippen LogP contribution in [0.15, 0.2) is 54.9 Å². The first-order chi connectivity index (χ1) is 14.4. The molecule has 0 spiro atoms. The molecule has 3 aromatic rings. The normalized spacial score (nSPS) is 10.7. The summed E-state index contributed by atoms with van der Waals surface area (Å²) in [6.45, 7) is 1.74. The first-order valence-electron chi connectivity index (χ1n) is 9.55. The molecule has 0 bridgehead atoms. The highest BCUT2D eigenvalue weighted by atomic mass is 19.1. The number of anilines is 1. The summed E-state index contributed by atoms with van der Waals surface area (Å²) in [5, 5.41) is 0. The standard InChI is InChI=1S/C23H21F2N3O2/c1-3-22(30)28(2)17-8-9-18(19(24)13-17)16-6-10-20(27-14-16)21(29)11-7-15-5-4-12-26-23(15)25/h4-6,8-10,12-14H,3,7,11H2,1-2H3. The summed E-state index contributed by atoms with van der Waals surface area (Å²) < 4.78 is 28.2. The molecule has 0 aliphatic rings. The number of halogens is 2. The van der Waals surface area contributed by atoms with E-state index in [-0.39, 0.29) is 30.2 Å². The van der Waals surface area contributed by atoms with E-state index in [4.69, 9.17) is 0 Å². The third kappa shape index (κ3) is 4.74. The Morgan fingerprint density at radius 3 is 2.50 bits per heavy atom. The predicted octanol–water partition coefficient (Wildman–Crippen LogP) is 4.61. The zero-order valence-corrected chi connectivity index (χ0v) is 16.7. The number of pyridine rings is 2. The number of hydrogen-bond acceptors (Lipinski definition) is 4. The topological polar surface area (TPSA) is 63.2 Å². The van der Waals surface area contributed by atoms with Crippen LogP contribution in [-0.4, -0.2) is 28.7 Å². The molecule has 0 N–H and O–H groups in total. The minimum atomic E-state index is -0.584. The van der Waals surface area contributed by atoms with Gasteiger partial charge in [-0.25, -0.2) is 9.37 Å². The first-order valence-corrected chi connectivity index (χ1v) is 9.55. The van der Waals surface area contributed by atoms with Gasteiger partial charge < -0.3 is 4.90 Å². The van der Waals surface area contributed by atoms with E-state index in [0.717, 1.165) is 0 Å². The molecule has 0 aliphatic heterocycles. The van der Waals surface area contributed by atoms with Crippen LogP contribution in [-0.2, 0) is 11.2 Å². The lowest BCUT2D eigenvalue weighted by molar-refractivity contribution is -0.118. The lowest BCUT2D eigenvalue weighted by Crippen LogP contribution is -2.25. The van der Waals surface area contributed by atoms with Crippen molar-refractivity contribution < 1.29 is 18.4 Å². The molecular formula is C23H21F2N3O2. The summed E-state index contributed by atoms with van der Waals surface area (Å²) in [4.78, 5) is 33.2. The molecule has 0 unspecified atom stereocenters. The Kier molecular flexibility index (Phi) is 6.61. The van der Waals surface area contributed by atoms with Crippen molar-refractivity contribution in [1.82, 2.24) is 9.97 Å². The smallest absolute Gasteiger partial charge is 0.226 e. The molecule has 154 valence electrons. The third-order valence-corrected chi connectivity index (χ3v) is 4.83. The van der Waals surface area contributed by atoms with E-state index in [9.17, 15) is 18.4 Å². The maximum Gasteiger partial charge on any atom is 0.226 e. The molecule has 0 radical (unpaired) electrons. The quantitative estimate of drug-likeness (QED) is 0.422. The van der Waals surface area contributed by atoms with Crippen LogP contribution in [0.4, 0.5) is 14.5 Å². The molecule has 1 aromatic carbocycles. The highest BCUT2D eigenvalue weighted by molar-refractivity contribution is 5.95. The Morgan fingerprint density at radius 1 is 1.07 bits per heavy atom. The number of carbonyl (C=O) groups excluding carboxylic acids is 2. The number of hydrogen-bond donors (Lipinski definition) is 0. The fraction of sp³-hybridized carbons (Fsp3) is 0.217. The van der Waals surface area contributed by atoms with Crippen LogP contribution in [0, 0.1) is 11.8 Å². The van der Waals surface area contributed by atoms with Crippen molar-refractivity contribution in [3.8, 4) is 11.1 Å². The Labute approximate surface area is 173 Å². The molecular weight excluding hydrogens is 388 g/mol. The zero-order chi connectivity index (χ0) is 21.7. The van der Waals surface area contributed by atoms with E-state index in [0.29, 0.717) is 28.8 Å². The molecule has 2 heterocycles. The maximum atomic E-state index is 14.6. The molecule has 0 saturated carbocycles. The number of Topliss-reactive ketones (excluding diaryl/α,β-unsaturated/α-hetero) is 1. The van der Waals surface area contributed by atoms with E-state index >= 15 is 0 Å². The number of nitrogens with zero attached hydrogens (tertiary/aromatic N) is 3. The van der Waals surface area contributed by atoms with Crippen molar-refractivity contribution in [3.05, 3.63) is 77.9 Å². The van der Waals surface area contributed by atoms with Crippen molar-refractivity contribution in [2.75, 3.05) is 11.9 Å². The molecule has 0 saturated heterocycles. The van der Waals surface area contributed by atoms with Gasteiger partial charge >= 0.3 is 0 Å². The maximum absolute atomic E-state index is 14.6. The van der Waals surface area contributed by atoms with Gasteiger partial charge in [0, 0.05) is 54.7 Å². The number of ketones is 1. The highest BCUT2D eigenvalue weighted by Crippen LogP contribution is 2.26. The molecule has 1 amide bonds. The van der Waals surface area contributed by atoms with E-state index < -0.39 is 11.8 Å². The molecule has 5 nitrogen and oxygen atoms in total. The van der Waals surface area contributed by atoms with Gasteiger partial charge in [-0.3, -0.25) is 14.6 Å². The van der Waals surface area contributed by atoms with Crippen molar-refractivity contribution in [2.45, 2.75) is 26.2 Å². The van der Waals surface area contributed by atoms with Gasteiger partial charge in [-0.2, -0.15) is 4.39 Å². The lowest BCUT2D eigenvalue weighted by Gasteiger charge is -2.17. The summed E-state index contributed by atoms with van der Waals surface area (Å²) in [6, 6.07) is 10.9. The second-order valence-corrected chi connectivity index (χ2v) is 6.78. The Bertz CT molecular complexity index is 1070. The monoisotopic (exact) mass is 409 g/mol. The molecule has 0 atom stereocenters. The van der Waals surface area contributed by atoms with Crippen LogP contribution in [0.3, 0.4) is 0 Å². The fourth-order valence-corrected chi connectivity index (χ4v) is 3.03. The number of aryl methyl sites for hydroxylation is 1. The SMILES string of the molecule is CCC(=O)N(C)c1ccc(-c2ccc(C(=O)CCc3cccnc3F)nc2)c(F)c1. The van der Waals surface area contributed by atoms with Crippen LogP contribution in [0.5, 0.6) is 0 Å². The van der Waals surface area contributed by atoms with E-state index in [1.54, 1.807) is 44.3 Å². The lowest BCUT2D eigenvalue weighted by atomic mass is 10.0. The van der Waals surface area contributed by atoms with Crippen LogP contribution in [0.2, 0.25) is 0 Å². The van der Waals surface area contributed by atoms with Crippen LogP contribution < -0.4 is 4.90 Å². The number of rotatable bonds is 7. The minimum Gasteiger partial charge on any atom is -0.315 e. The van der Waals surface area contributed by atoms with Gasteiger partial charge in [-0.1, -0.05) is 19.1 Å². The van der Waals surface area contributed by atoms with Gasteiger partial charge in [0.05, 0.1) is 0 Å². The molecule has 0 aliphatic carbocycles. The number of carbonyl (C=O) groups is 2. The van der Waals surface area contributed by atoms with Crippen molar-refractivity contribution in [3.63, 3.8) is 0 Å². The van der Waals surface area contributed by atoms with Crippen molar-refractivity contribution in [1.29, 1.82) is 0 Å². The van der Waals surface area contributed by atoms with Crippen LogP contribution in [0.1, 0.15) is 35.8 Å². The third-order valence-electron chi connectivity index (χ3n) is 4.83. The van der Waals surface area contributed by atoms with Crippen LogP contribution >= 0.6 is 0 Å². The van der Waals surface area contributed by atoms with Crippen molar-refractivity contribution in [2.24, 2.45) is 0 Å². The van der Waals surface area contributed by atoms with Gasteiger partial charge in [0.15, 0.2) is 5.78 Å². The molecule has 0 fully saturated rings. The number of aromatic nitrogens is 2. The molecule has 2 aromatic heterocycles. The van der Waals surface area contributed by atoms with Gasteiger partial charge in [0.1, 0.15) is 11.5 Å². The Hall–Kier alpha value is -3.48. The predicted molar refractivity (Wildman–Crippen MR) is 110 cm³/mol. The summed E-state index contributed by atoms with van der Waals surface area (Å²) in [5.74, 6) is -1.42. The largest absolute Gasteiger partial charge is 0.315 e. The van der Waals surface area contributed by atoms with E-state index in [1.165, 1.54) is 29.4 Å². The first kappa shape index (κ1) is 21.2.